The molecule has 3 N–H and O–H groups in total. The molecule has 386 valence electrons. The molecule has 9 heteroatoms. The van der Waals surface area contributed by atoms with Crippen molar-refractivity contribution in [1.29, 1.82) is 0 Å². The second kappa shape index (κ2) is 54.1. The summed E-state index contributed by atoms with van der Waals surface area (Å²) >= 11 is 0. The fraction of sp³-hybridized carbons (Fsp3) is 0.807. The number of esters is 1. The summed E-state index contributed by atoms with van der Waals surface area (Å²) in [7, 11) is -4.29. The van der Waals surface area contributed by atoms with Crippen LogP contribution in [0.4, 0.5) is 0 Å². The third-order valence-corrected chi connectivity index (χ3v) is 12.9. The van der Waals surface area contributed by atoms with Crippen molar-refractivity contribution in [2.75, 3.05) is 33.0 Å². The van der Waals surface area contributed by atoms with Crippen molar-refractivity contribution >= 4 is 13.8 Å². The summed E-state index contributed by atoms with van der Waals surface area (Å²) in [6.07, 6.45) is 68.4. The SMILES string of the molecule is CC/C=C\C/C=C\C/C=C\C/C=C\C/C=C\CCCCCCCCCCCC(=O)OC(COCCCCCCCCCCCCCCCCCCCCCCCC)COP(=O)(O)OCCN. The summed E-state index contributed by atoms with van der Waals surface area (Å²) in [6.45, 7) is 4.85. The van der Waals surface area contributed by atoms with Gasteiger partial charge in [0, 0.05) is 19.6 Å². The van der Waals surface area contributed by atoms with Gasteiger partial charge in [0.25, 0.3) is 0 Å². The lowest BCUT2D eigenvalue weighted by atomic mass is 10.0. The lowest BCUT2D eigenvalue weighted by molar-refractivity contribution is -0.154. The van der Waals surface area contributed by atoms with E-state index < -0.39 is 13.9 Å². The van der Waals surface area contributed by atoms with Crippen LogP contribution in [0, 0.1) is 0 Å². The van der Waals surface area contributed by atoms with Gasteiger partial charge in [0.2, 0.25) is 0 Å². The molecule has 2 unspecified atom stereocenters. The Hall–Kier alpha value is -1.80. The van der Waals surface area contributed by atoms with E-state index in [-0.39, 0.29) is 32.3 Å². The van der Waals surface area contributed by atoms with Crippen LogP contribution in [-0.2, 0) is 27.9 Å². The van der Waals surface area contributed by atoms with Crippen molar-refractivity contribution in [2.45, 2.75) is 264 Å². The summed E-state index contributed by atoms with van der Waals surface area (Å²) in [6, 6.07) is 0. The van der Waals surface area contributed by atoms with E-state index in [9.17, 15) is 14.3 Å². The number of phosphoric ester groups is 1. The number of carbonyl (C=O) groups excluding carboxylic acids is 1. The Kier molecular flexibility index (Phi) is 52.7. The van der Waals surface area contributed by atoms with E-state index in [0.717, 1.165) is 70.6 Å². The zero-order chi connectivity index (χ0) is 48.0. The van der Waals surface area contributed by atoms with Crippen LogP contribution in [0.5, 0.6) is 0 Å². The number of nitrogens with two attached hydrogens (primary N) is 1. The van der Waals surface area contributed by atoms with Crippen molar-refractivity contribution in [3.63, 3.8) is 0 Å². The number of hydrogen-bond acceptors (Lipinski definition) is 7. The molecule has 0 rings (SSSR count). The van der Waals surface area contributed by atoms with Crippen LogP contribution in [-0.4, -0.2) is 49.9 Å². The fourth-order valence-corrected chi connectivity index (χ4v) is 8.67. The van der Waals surface area contributed by atoms with Gasteiger partial charge in [-0.25, -0.2) is 4.57 Å². The lowest BCUT2D eigenvalue weighted by Crippen LogP contribution is -2.28. The molecule has 0 fully saturated rings. The Morgan fingerprint density at radius 1 is 0.470 bits per heavy atom. The predicted molar refractivity (Wildman–Crippen MR) is 284 cm³/mol. The smallest absolute Gasteiger partial charge is 0.457 e. The van der Waals surface area contributed by atoms with E-state index in [1.807, 2.05) is 0 Å². The minimum absolute atomic E-state index is 0.0972. The molecular formula is C57H106NO7P. The standard InChI is InChI=1S/C57H106NO7P/c1-3-5-7-9-11-13-15-17-19-21-23-25-27-28-29-30-32-34-36-38-40-42-44-46-48-50-57(59)65-56(55-64-66(60,61)63-53-51-58)54-62-52-49-47-45-43-41-39-37-35-33-31-26-24-22-20-18-16-14-12-10-8-6-4-2/h5,7,11,13,17,19,23,25,28-29,56H,3-4,6,8-10,12,14-16,18,20-22,24,26-27,30-55,58H2,1-2H3,(H,60,61)/b7-5-,13-11-,19-17-,25-23-,29-28-. The highest BCUT2D eigenvalue weighted by Crippen LogP contribution is 2.43. The summed E-state index contributed by atoms with van der Waals surface area (Å²) in [4.78, 5) is 22.7. The molecule has 0 saturated carbocycles. The lowest BCUT2D eigenvalue weighted by Gasteiger charge is -2.20. The molecule has 0 bridgehead atoms. The van der Waals surface area contributed by atoms with Crippen LogP contribution < -0.4 is 5.73 Å². The first-order valence-electron chi connectivity index (χ1n) is 27.8. The topological polar surface area (TPSA) is 117 Å². The van der Waals surface area contributed by atoms with Crippen molar-refractivity contribution in [1.82, 2.24) is 0 Å². The molecule has 2 atom stereocenters. The normalized spacial score (nSPS) is 13.7. The largest absolute Gasteiger partial charge is 0.472 e. The van der Waals surface area contributed by atoms with Crippen molar-refractivity contribution in [3.8, 4) is 0 Å². The van der Waals surface area contributed by atoms with Crippen molar-refractivity contribution in [2.24, 2.45) is 5.73 Å². The average Bonchev–Trinajstić information content (AvgIpc) is 3.31. The van der Waals surface area contributed by atoms with Gasteiger partial charge in [0.1, 0.15) is 6.10 Å². The molecule has 66 heavy (non-hydrogen) atoms. The van der Waals surface area contributed by atoms with Gasteiger partial charge in [-0.15, -0.1) is 0 Å². The summed E-state index contributed by atoms with van der Waals surface area (Å²) in [5.74, 6) is -0.334. The van der Waals surface area contributed by atoms with Gasteiger partial charge < -0.3 is 20.1 Å². The van der Waals surface area contributed by atoms with Crippen LogP contribution in [0.2, 0.25) is 0 Å². The van der Waals surface area contributed by atoms with Crippen LogP contribution in [0.15, 0.2) is 60.8 Å². The number of carbonyl (C=O) groups is 1. The zero-order valence-electron chi connectivity index (χ0n) is 43.2. The van der Waals surface area contributed by atoms with Gasteiger partial charge >= 0.3 is 13.8 Å². The molecule has 0 aromatic heterocycles. The quantitative estimate of drug-likeness (QED) is 0.0268. The van der Waals surface area contributed by atoms with Gasteiger partial charge in [-0.3, -0.25) is 13.8 Å². The number of phosphoric acid groups is 1. The Morgan fingerprint density at radius 2 is 0.848 bits per heavy atom. The summed E-state index contributed by atoms with van der Waals surface area (Å²) in [5.41, 5.74) is 5.40. The number of rotatable bonds is 53. The van der Waals surface area contributed by atoms with Gasteiger partial charge in [0.15, 0.2) is 0 Å². The maximum atomic E-state index is 12.7. The van der Waals surface area contributed by atoms with Crippen molar-refractivity contribution < 1.29 is 32.8 Å². The van der Waals surface area contributed by atoms with Gasteiger partial charge in [-0.1, -0.05) is 254 Å². The fourth-order valence-electron chi connectivity index (χ4n) is 7.91. The minimum atomic E-state index is -4.29. The first-order chi connectivity index (χ1) is 32.4. The molecule has 0 radical (unpaired) electrons. The maximum Gasteiger partial charge on any atom is 0.472 e. The van der Waals surface area contributed by atoms with Crippen LogP contribution in [0.1, 0.15) is 258 Å². The molecule has 0 amide bonds. The average molecular weight is 948 g/mol. The third-order valence-electron chi connectivity index (χ3n) is 11.9. The Bertz CT molecular complexity index is 1200. The van der Waals surface area contributed by atoms with Gasteiger partial charge in [-0.05, 0) is 57.8 Å². The second-order valence-electron chi connectivity index (χ2n) is 18.4. The minimum Gasteiger partial charge on any atom is -0.457 e. The van der Waals surface area contributed by atoms with Crippen LogP contribution >= 0.6 is 7.82 Å². The van der Waals surface area contributed by atoms with E-state index in [2.05, 4.69) is 74.6 Å². The molecule has 0 aliphatic rings. The molecule has 0 aromatic carbocycles. The van der Waals surface area contributed by atoms with Crippen LogP contribution in [0.25, 0.3) is 0 Å². The first-order valence-corrected chi connectivity index (χ1v) is 29.3. The van der Waals surface area contributed by atoms with Crippen molar-refractivity contribution in [3.05, 3.63) is 60.8 Å². The Labute approximate surface area is 408 Å². The highest BCUT2D eigenvalue weighted by molar-refractivity contribution is 7.47. The predicted octanol–water partition coefficient (Wildman–Crippen LogP) is 17.7. The van der Waals surface area contributed by atoms with E-state index >= 15 is 0 Å². The van der Waals surface area contributed by atoms with Gasteiger partial charge in [-0.2, -0.15) is 0 Å². The van der Waals surface area contributed by atoms with E-state index in [1.54, 1.807) is 0 Å². The highest BCUT2D eigenvalue weighted by atomic mass is 31.2. The number of hydrogen-bond donors (Lipinski definition) is 2. The maximum absolute atomic E-state index is 12.7. The molecular weight excluding hydrogens is 842 g/mol. The Balaban J connectivity index is 3.91. The third kappa shape index (κ3) is 53.2. The summed E-state index contributed by atoms with van der Waals surface area (Å²) in [5, 5.41) is 0. The number of ether oxygens (including phenoxy) is 2. The summed E-state index contributed by atoms with van der Waals surface area (Å²) < 4.78 is 33.7. The molecule has 8 nitrogen and oxygen atoms in total. The molecule has 0 saturated heterocycles. The number of allylic oxidation sites excluding steroid dienone is 10. The molecule has 0 spiro atoms. The molecule has 0 heterocycles. The highest BCUT2D eigenvalue weighted by Gasteiger charge is 2.25. The van der Waals surface area contributed by atoms with Crippen LogP contribution in [0.3, 0.4) is 0 Å². The van der Waals surface area contributed by atoms with E-state index in [1.165, 1.54) is 167 Å². The molecule has 0 aliphatic carbocycles. The molecule has 0 aliphatic heterocycles. The van der Waals surface area contributed by atoms with E-state index in [4.69, 9.17) is 24.3 Å². The second-order valence-corrected chi connectivity index (χ2v) is 19.9. The Morgan fingerprint density at radius 3 is 1.27 bits per heavy atom. The zero-order valence-corrected chi connectivity index (χ0v) is 44.1. The first kappa shape index (κ1) is 64.2. The number of unbranched alkanes of at least 4 members (excludes halogenated alkanes) is 30. The molecule has 0 aromatic rings. The van der Waals surface area contributed by atoms with Gasteiger partial charge in [0.05, 0.1) is 19.8 Å². The van der Waals surface area contributed by atoms with E-state index in [0.29, 0.717) is 13.0 Å². The monoisotopic (exact) mass is 948 g/mol.